The molecule has 7 heteroatoms. The van der Waals surface area contributed by atoms with Crippen molar-refractivity contribution in [3.63, 3.8) is 0 Å². The second-order valence-electron chi connectivity index (χ2n) is 5.63. The highest BCUT2D eigenvalue weighted by atomic mass is 32.1. The molecule has 0 bridgehead atoms. The summed E-state index contributed by atoms with van der Waals surface area (Å²) in [5.74, 6) is 0.730. The fourth-order valence-corrected chi connectivity index (χ4v) is 3.25. The van der Waals surface area contributed by atoms with Crippen LogP contribution in [0.15, 0.2) is 4.99 Å². The van der Waals surface area contributed by atoms with Crippen LogP contribution in [0.4, 0.5) is 0 Å². The number of hydrogen-bond donors (Lipinski definition) is 3. The van der Waals surface area contributed by atoms with Gasteiger partial charge in [-0.2, -0.15) is 0 Å². The molecule has 3 N–H and O–H groups in total. The van der Waals surface area contributed by atoms with Crippen LogP contribution >= 0.6 is 11.3 Å². The third kappa shape index (κ3) is 4.93. The molecule has 0 unspecified atom stereocenters. The molecule has 0 saturated carbocycles. The second-order valence-corrected chi connectivity index (χ2v) is 6.91. The summed E-state index contributed by atoms with van der Waals surface area (Å²) in [6, 6.07) is 0. The highest BCUT2D eigenvalue weighted by molar-refractivity contribution is 7.11. The molecular weight excluding hydrogens is 300 g/mol. The SMILES string of the molecule is CCNC(=NCc1sc(C)nc1C)NCC1(O)CCOCC1. The van der Waals surface area contributed by atoms with Gasteiger partial charge in [-0.25, -0.2) is 9.98 Å². The van der Waals surface area contributed by atoms with Gasteiger partial charge >= 0.3 is 0 Å². The molecule has 2 heterocycles. The molecule has 1 saturated heterocycles. The summed E-state index contributed by atoms with van der Waals surface area (Å²) in [5.41, 5.74) is 0.343. The van der Waals surface area contributed by atoms with E-state index in [1.165, 1.54) is 4.88 Å². The van der Waals surface area contributed by atoms with Crippen molar-refractivity contribution in [1.82, 2.24) is 15.6 Å². The Balaban J connectivity index is 1.93. The summed E-state index contributed by atoms with van der Waals surface area (Å²) in [5, 5.41) is 18.0. The van der Waals surface area contributed by atoms with E-state index in [9.17, 15) is 5.11 Å². The second kappa shape index (κ2) is 7.89. The molecule has 124 valence electrons. The molecule has 0 spiro atoms. The minimum Gasteiger partial charge on any atom is -0.388 e. The summed E-state index contributed by atoms with van der Waals surface area (Å²) >= 11 is 1.68. The predicted molar refractivity (Wildman–Crippen MR) is 89.4 cm³/mol. The maximum absolute atomic E-state index is 10.5. The standard InChI is InChI=1S/C15H26N4O2S/c1-4-16-14(17-9-13-11(2)19-12(3)22-13)18-10-15(20)5-7-21-8-6-15/h20H,4-10H2,1-3H3,(H2,16,17,18). The van der Waals surface area contributed by atoms with Crippen molar-refractivity contribution in [2.24, 2.45) is 4.99 Å². The molecule has 0 amide bonds. The molecule has 0 aliphatic carbocycles. The summed E-state index contributed by atoms with van der Waals surface area (Å²) in [6.07, 6.45) is 1.32. The Labute approximate surface area is 136 Å². The van der Waals surface area contributed by atoms with Crippen LogP contribution in [-0.2, 0) is 11.3 Å². The average molecular weight is 326 g/mol. The van der Waals surface area contributed by atoms with Crippen LogP contribution < -0.4 is 10.6 Å². The van der Waals surface area contributed by atoms with E-state index in [1.807, 2.05) is 20.8 Å². The predicted octanol–water partition coefficient (Wildman–Crippen LogP) is 1.36. The fraction of sp³-hybridized carbons (Fsp3) is 0.733. The van der Waals surface area contributed by atoms with E-state index >= 15 is 0 Å². The van der Waals surface area contributed by atoms with Crippen molar-refractivity contribution in [3.8, 4) is 0 Å². The number of rotatable bonds is 5. The van der Waals surface area contributed by atoms with Gasteiger partial charge in [0.15, 0.2) is 5.96 Å². The first-order valence-electron chi connectivity index (χ1n) is 7.77. The van der Waals surface area contributed by atoms with Crippen LogP contribution in [0.1, 0.15) is 35.3 Å². The van der Waals surface area contributed by atoms with E-state index in [2.05, 4.69) is 20.6 Å². The summed E-state index contributed by atoms with van der Waals surface area (Å²) in [4.78, 5) is 10.2. The zero-order valence-electron chi connectivity index (χ0n) is 13.6. The molecule has 1 fully saturated rings. The Morgan fingerprint density at radius 1 is 1.36 bits per heavy atom. The maximum atomic E-state index is 10.5. The number of aryl methyl sites for hydroxylation is 2. The van der Waals surface area contributed by atoms with Gasteiger partial charge in [-0.1, -0.05) is 0 Å². The van der Waals surface area contributed by atoms with Gasteiger partial charge in [0.2, 0.25) is 0 Å². The molecule has 1 aliphatic rings. The lowest BCUT2D eigenvalue weighted by molar-refractivity contribution is -0.0594. The van der Waals surface area contributed by atoms with Crippen molar-refractivity contribution >= 4 is 17.3 Å². The van der Waals surface area contributed by atoms with Crippen LogP contribution in [0, 0.1) is 13.8 Å². The van der Waals surface area contributed by atoms with Gasteiger partial charge in [0.05, 0.1) is 22.8 Å². The number of guanidine groups is 1. The van der Waals surface area contributed by atoms with Gasteiger partial charge in [-0.05, 0) is 20.8 Å². The van der Waals surface area contributed by atoms with Crippen molar-refractivity contribution in [3.05, 3.63) is 15.6 Å². The van der Waals surface area contributed by atoms with Gasteiger partial charge in [-0.15, -0.1) is 11.3 Å². The summed E-state index contributed by atoms with van der Waals surface area (Å²) < 4.78 is 5.30. The molecule has 0 radical (unpaired) electrons. The zero-order chi connectivity index (χ0) is 16.0. The quantitative estimate of drug-likeness (QED) is 0.562. The number of aliphatic imine (C=N–C) groups is 1. The van der Waals surface area contributed by atoms with Crippen molar-refractivity contribution in [2.75, 3.05) is 26.3 Å². The molecule has 1 aromatic heterocycles. The highest BCUT2D eigenvalue weighted by Crippen LogP contribution is 2.19. The van der Waals surface area contributed by atoms with Crippen molar-refractivity contribution in [2.45, 2.75) is 45.8 Å². The first kappa shape index (κ1) is 17.2. The minimum atomic E-state index is -0.703. The van der Waals surface area contributed by atoms with Crippen molar-refractivity contribution < 1.29 is 9.84 Å². The number of nitrogens with one attached hydrogen (secondary N) is 2. The van der Waals surface area contributed by atoms with Crippen LogP contribution in [0.3, 0.4) is 0 Å². The van der Waals surface area contributed by atoms with E-state index in [-0.39, 0.29) is 0 Å². The summed E-state index contributed by atoms with van der Waals surface area (Å²) in [6.45, 7) is 9.17. The molecule has 2 rings (SSSR count). The van der Waals surface area contributed by atoms with E-state index < -0.39 is 5.60 Å². The molecular formula is C15H26N4O2S. The third-order valence-electron chi connectivity index (χ3n) is 3.73. The normalized spacial score (nSPS) is 18.3. The van der Waals surface area contributed by atoms with Crippen LogP contribution in [0.25, 0.3) is 0 Å². The van der Waals surface area contributed by atoms with Gasteiger partial charge in [0.25, 0.3) is 0 Å². The lowest BCUT2D eigenvalue weighted by Gasteiger charge is -2.32. The van der Waals surface area contributed by atoms with E-state index in [0.717, 1.165) is 23.2 Å². The van der Waals surface area contributed by atoms with Gasteiger partial charge < -0.3 is 20.5 Å². The lowest BCUT2D eigenvalue weighted by atomic mass is 9.94. The third-order valence-corrected chi connectivity index (χ3v) is 4.79. The van der Waals surface area contributed by atoms with Gasteiger partial charge in [0, 0.05) is 44.0 Å². The smallest absolute Gasteiger partial charge is 0.191 e. The number of nitrogens with zero attached hydrogens (tertiary/aromatic N) is 2. The van der Waals surface area contributed by atoms with Gasteiger partial charge in [-0.3, -0.25) is 0 Å². The number of aromatic nitrogens is 1. The topological polar surface area (TPSA) is 78.8 Å². The molecule has 1 aromatic rings. The Morgan fingerprint density at radius 3 is 2.68 bits per heavy atom. The number of hydrogen-bond acceptors (Lipinski definition) is 5. The lowest BCUT2D eigenvalue weighted by Crippen LogP contribution is -2.49. The first-order chi connectivity index (χ1) is 10.5. The van der Waals surface area contributed by atoms with Crippen molar-refractivity contribution in [1.29, 1.82) is 0 Å². The Morgan fingerprint density at radius 2 is 2.09 bits per heavy atom. The Bertz CT molecular complexity index is 510. The molecule has 0 aromatic carbocycles. The Kier molecular flexibility index (Phi) is 6.16. The number of thiazole rings is 1. The van der Waals surface area contributed by atoms with Crippen LogP contribution in [-0.4, -0.2) is 48.0 Å². The maximum Gasteiger partial charge on any atom is 0.191 e. The van der Waals surface area contributed by atoms with E-state index in [1.54, 1.807) is 11.3 Å². The zero-order valence-corrected chi connectivity index (χ0v) is 14.4. The van der Waals surface area contributed by atoms with Crippen LogP contribution in [0.2, 0.25) is 0 Å². The first-order valence-corrected chi connectivity index (χ1v) is 8.59. The van der Waals surface area contributed by atoms with E-state index in [4.69, 9.17) is 4.74 Å². The van der Waals surface area contributed by atoms with Crippen LogP contribution in [0.5, 0.6) is 0 Å². The average Bonchev–Trinajstić information content (AvgIpc) is 2.81. The molecule has 0 atom stereocenters. The molecule has 1 aliphatic heterocycles. The number of aliphatic hydroxyl groups is 1. The van der Waals surface area contributed by atoms with Gasteiger partial charge in [0.1, 0.15) is 0 Å². The summed E-state index contributed by atoms with van der Waals surface area (Å²) in [7, 11) is 0. The van der Waals surface area contributed by atoms with E-state index in [0.29, 0.717) is 39.1 Å². The minimum absolute atomic E-state index is 0.489. The fourth-order valence-electron chi connectivity index (χ4n) is 2.39. The Hall–Kier alpha value is -1.18. The number of ether oxygens (including phenoxy) is 1. The molecule has 6 nitrogen and oxygen atoms in total. The largest absolute Gasteiger partial charge is 0.388 e. The monoisotopic (exact) mass is 326 g/mol. The molecule has 22 heavy (non-hydrogen) atoms. The highest BCUT2D eigenvalue weighted by Gasteiger charge is 2.29.